The molecule has 13 atom stereocenters. The molecule has 494 valence electrons. The van der Waals surface area contributed by atoms with Gasteiger partial charge in [-0.2, -0.15) is 0 Å². The first-order valence-electron chi connectivity index (χ1n) is 34.4. The van der Waals surface area contributed by atoms with E-state index in [0.29, 0.717) is 65.0 Å². The molecular formula is C74H116O11Si4. The van der Waals surface area contributed by atoms with Gasteiger partial charge in [0.25, 0.3) is 8.32 Å². The van der Waals surface area contributed by atoms with Crippen LogP contribution in [0.4, 0.5) is 0 Å². The van der Waals surface area contributed by atoms with Crippen LogP contribution < -0.4 is 10.4 Å². The Kier molecular flexibility index (Phi) is 24.0. The first-order chi connectivity index (χ1) is 42.1. The highest BCUT2D eigenvalue weighted by Crippen LogP contribution is 2.51. The highest BCUT2D eigenvalue weighted by molar-refractivity contribution is 6.99. The number of fused-ring (bicyclic) bond motifs is 2. The number of carbonyl (C=O) groups is 1. The van der Waals surface area contributed by atoms with Gasteiger partial charge >= 0.3 is 0 Å². The van der Waals surface area contributed by atoms with Crippen LogP contribution in [0, 0.1) is 5.92 Å². The van der Waals surface area contributed by atoms with Gasteiger partial charge in [0, 0.05) is 38.2 Å². The zero-order valence-electron chi connectivity index (χ0n) is 58.1. The van der Waals surface area contributed by atoms with Crippen LogP contribution in [0.15, 0.2) is 121 Å². The van der Waals surface area contributed by atoms with Crippen LogP contribution in [-0.2, 0) is 64.1 Å². The van der Waals surface area contributed by atoms with Crippen LogP contribution in [0.1, 0.15) is 160 Å². The Morgan fingerprint density at radius 2 is 1.12 bits per heavy atom. The van der Waals surface area contributed by atoms with Crippen molar-refractivity contribution in [3.05, 3.63) is 132 Å². The van der Waals surface area contributed by atoms with Gasteiger partial charge in [0.15, 0.2) is 30.7 Å². The summed E-state index contributed by atoms with van der Waals surface area (Å²) in [6, 6.07) is 48.1. The van der Waals surface area contributed by atoms with Crippen molar-refractivity contribution in [1.29, 1.82) is 0 Å². The van der Waals surface area contributed by atoms with E-state index in [1.807, 2.05) is 24.3 Å². The van der Waals surface area contributed by atoms with Gasteiger partial charge in [-0.25, -0.2) is 0 Å². The number of rotatable bonds is 27. The van der Waals surface area contributed by atoms with E-state index in [2.05, 4.69) is 221 Å². The molecule has 0 saturated carbocycles. The Morgan fingerprint density at radius 3 is 1.64 bits per heavy atom. The SMILES string of the molecule is CC[Si](CC)(CC)O[C@H]1[C@@H](O[Si](CC)(CC)CC)[C@@]2(C)O[C@@H](COCc3ccccc3)[C@H](OCc3ccccc3)C[C@@H]2O[C@@H]1C[C@@H]1O[C@@H]2C[C@H](O[Si](C)(C)C(C)(C)C)[C@@](C)(CCO[Si](c3ccccc3)(c3ccccc3)C(C)(C)C)O[C@@]2(C)CC[C@H](C)C1=O. The summed E-state index contributed by atoms with van der Waals surface area (Å²) in [6.45, 7) is 42.8. The normalized spacial score (nSPS) is 30.1. The molecule has 0 unspecified atom stereocenters. The van der Waals surface area contributed by atoms with Crippen molar-refractivity contribution in [2.75, 3.05) is 13.2 Å². The van der Waals surface area contributed by atoms with E-state index in [4.69, 9.17) is 46.1 Å². The molecule has 4 heterocycles. The molecule has 4 saturated heterocycles. The summed E-state index contributed by atoms with van der Waals surface area (Å²) in [5.41, 5.74) is -0.300. The van der Waals surface area contributed by atoms with Crippen molar-refractivity contribution in [3.63, 3.8) is 0 Å². The number of Topliss-reactive ketones (excluding diaryl/α,β-unsaturated/α-hetero) is 1. The van der Waals surface area contributed by atoms with Gasteiger partial charge < -0.3 is 46.1 Å². The van der Waals surface area contributed by atoms with Crippen LogP contribution in [0.5, 0.6) is 0 Å². The summed E-state index contributed by atoms with van der Waals surface area (Å²) in [5, 5.41) is 2.23. The third-order valence-electron chi connectivity index (χ3n) is 22.3. The minimum atomic E-state index is -2.89. The van der Waals surface area contributed by atoms with Gasteiger partial charge in [-0.3, -0.25) is 4.79 Å². The van der Waals surface area contributed by atoms with Crippen molar-refractivity contribution in [2.24, 2.45) is 5.92 Å². The second-order valence-electron chi connectivity index (χ2n) is 30.0. The van der Waals surface area contributed by atoms with Crippen molar-refractivity contribution in [3.8, 4) is 0 Å². The Hall–Kier alpha value is -2.98. The van der Waals surface area contributed by atoms with Gasteiger partial charge in [0.1, 0.15) is 23.9 Å². The molecule has 4 aliphatic rings. The van der Waals surface area contributed by atoms with E-state index in [0.717, 1.165) is 47.4 Å². The lowest BCUT2D eigenvalue weighted by Crippen LogP contribution is -2.74. The molecule has 0 aliphatic carbocycles. The van der Waals surface area contributed by atoms with Gasteiger partial charge in [0.2, 0.25) is 0 Å². The Balaban J connectivity index is 1.18. The lowest BCUT2D eigenvalue weighted by atomic mass is 9.75. The largest absolute Gasteiger partial charge is 0.411 e. The van der Waals surface area contributed by atoms with Gasteiger partial charge in [-0.1, -0.05) is 211 Å². The summed E-state index contributed by atoms with van der Waals surface area (Å²) < 4.78 is 75.9. The molecule has 0 spiro atoms. The monoisotopic (exact) mass is 1290 g/mol. The summed E-state index contributed by atoms with van der Waals surface area (Å²) in [5.74, 6) is -0.202. The third-order valence-corrected chi connectivity index (χ3v) is 41.1. The second-order valence-corrected chi connectivity index (χ2v) is 48.5. The van der Waals surface area contributed by atoms with Gasteiger partial charge in [0.05, 0.1) is 67.6 Å². The number of carbonyl (C=O) groups excluding carboxylic acids is 1. The van der Waals surface area contributed by atoms with Crippen LogP contribution in [0.25, 0.3) is 0 Å². The fraction of sp³-hybridized carbons (Fsp3) is 0.662. The number of hydrogen-bond donors (Lipinski definition) is 0. The van der Waals surface area contributed by atoms with E-state index in [9.17, 15) is 0 Å². The molecule has 4 aliphatic heterocycles. The summed E-state index contributed by atoms with van der Waals surface area (Å²) in [4.78, 5) is 15.6. The van der Waals surface area contributed by atoms with Crippen molar-refractivity contribution < 1.29 is 50.9 Å². The molecular weight excluding hydrogens is 1180 g/mol. The average molecular weight is 1290 g/mol. The Morgan fingerprint density at radius 1 is 0.607 bits per heavy atom. The molecule has 0 amide bonds. The molecule has 11 nitrogen and oxygen atoms in total. The lowest BCUT2D eigenvalue weighted by molar-refractivity contribution is -0.330. The van der Waals surface area contributed by atoms with Crippen LogP contribution in [-0.4, -0.2) is 124 Å². The maximum Gasteiger partial charge on any atom is 0.261 e. The zero-order chi connectivity index (χ0) is 64.7. The summed E-state index contributed by atoms with van der Waals surface area (Å²) in [7, 11) is -10.2. The zero-order valence-corrected chi connectivity index (χ0v) is 62.1. The maximum atomic E-state index is 15.6. The molecule has 4 fully saturated rings. The Bertz CT molecular complexity index is 2750. The predicted molar refractivity (Wildman–Crippen MR) is 371 cm³/mol. The van der Waals surface area contributed by atoms with Crippen LogP contribution >= 0.6 is 0 Å². The summed E-state index contributed by atoms with van der Waals surface area (Å²) >= 11 is 0. The van der Waals surface area contributed by atoms with Gasteiger partial charge in [-0.15, -0.1) is 0 Å². The van der Waals surface area contributed by atoms with Crippen LogP contribution in [0.2, 0.25) is 59.4 Å². The van der Waals surface area contributed by atoms with E-state index in [1.165, 1.54) is 10.4 Å². The molecule has 8 rings (SSSR count). The van der Waals surface area contributed by atoms with Crippen molar-refractivity contribution in [1.82, 2.24) is 0 Å². The predicted octanol–water partition coefficient (Wildman–Crippen LogP) is 16.3. The first kappa shape index (κ1) is 71.9. The van der Waals surface area contributed by atoms with E-state index in [1.54, 1.807) is 0 Å². The molecule has 0 N–H and O–H groups in total. The molecule has 4 aromatic rings. The van der Waals surface area contributed by atoms with E-state index < -0.39 is 92.8 Å². The maximum absolute atomic E-state index is 15.6. The standard InChI is InChI=1S/C74H116O11Si4/c1-19-87(20-2,21-3)83-68-62(80-66-50-60(77-53-57-39-31-26-32-40-57)63(54-76-52-56-37-29-25-30-38-56)81-74(66,16)69(68)84-88(22-4,23-5)24-6)49-61-67(75)55(7)45-46-72(14)64(79-61)51-65(82-86(17,18)70(8,9)10)73(15,85-72)47-48-78-89(71(11,12)13,58-41-33-27-34-42-58)59-43-35-28-36-44-59/h25-44,55,60-66,68-69H,19-24,45-54H2,1-18H3/t55-,60+,61-,62+,63-,64+,65-,66-,68+,69+,72-,73+,74-/m0/s1. The lowest BCUT2D eigenvalue weighted by Gasteiger charge is -2.60. The highest BCUT2D eigenvalue weighted by Gasteiger charge is 2.64. The minimum absolute atomic E-state index is 0.0817. The fourth-order valence-corrected chi connectivity index (χ4v) is 26.6. The molecule has 4 aromatic carbocycles. The molecule has 0 aromatic heterocycles. The smallest absolute Gasteiger partial charge is 0.261 e. The topological polar surface area (TPSA) is 109 Å². The average Bonchev–Trinajstić information content (AvgIpc) is 0.766. The fourth-order valence-electron chi connectivity index (χ4n) is 14.8. The number of hydrogen-bond acceptors (Lipinski definition) is 11. The second kappa shape index (κ2) is 29.8. The number of benzene rings is 4. The van der Waals surface area contributed by atoms with Crippen LogP contribution in [0.3, 0.4) is 0 Å². The Labute approximate surface area is 542 Å². The minimum Gasteiger partial charge on any atom is -0.411 e. The number of ketones is 1. The van der Waals surface area contributed by atoms with Crippen molar-refractivity contribution >= 4 is 49.4 Å². The summed E-state index contributed by atoms with van der Waals surface area (Å²) in [6.07, 6.45) is -1.23. The highest BCUT2D eigenvalue weighted by atomic mass is 28.4. The van der Waals surface area contributed by atoms with E-state index >= 15 is 4.79 Å². The quantitative estimate of drug-likeness (QED) is 0.0532. The van der Waals surface area contributed by atoms with E-state index in [-0.39, 0.29) is 34.0 Å². The first-order valence-corrected chi connectivity index (χ1v) is 44.3. The molecule has 0 radical (unpaired) electrons. The van der Waals surface area contributed by atoms with Crippen molar-refractivity contribution in [2.45, 2.75) is 294 Å². The molecule has 89 heavy (non-hydrogen) atoms. The van der Waals surface area contributed by atoms with Gasteiger partial charge in [-0.05, 0) is 115 Å². The molecule has 15 heteroatoms. The molecule has 0 bridgehead atoms. The number of ether oxygens (including phenoxy) is 6. The third kappa shape index (κ3) is 15.9.